The van der Waals surface area contributed by atoms with Crippen LogP contribution in [-0.2, 0) is 11.3 Å². The monoisotopic (exact) mass is 226 g/mol. The molecule has 0 spiro atoms. The van der Waals surface area contributed by atoms with Crippen molar-refractivity contribution in [1.29, 1.82) is 0 Å². The molecule has 0 saturated carbocycles. The molecule has 0 fully saturated rings. The standard InChI is InChI=1S/C10H18N4O2/c1-3-9(15)8-7-14(13-12-8)6-5-10(16)11-4-2/h7,9,15H,3-6H2,1-2H3,(H,11,16). The fourth-order valence-electron chi connectivity index (χ4n) is 1.29. The molecule has 1 aromatic rings. The predicted octanol–water partition coefficient (Wildman–Crippen LogP) is 0.248. The zero-order valence-electron chi connectivity index (χ0n) is 9.68. The number of aromatic nitrogens is 3. The highest BCUT2D eigenvalue weighted by atomic mass is 16.3. The third kappa shape index (κ3) is 3.62. The Morgan fingerprint density at radius 2 is 2.38 bits per heavy atom. The van der Waals surface area contributed by atoms with Crippen molar-refractivity contribution >= 4 is 5.91 Å². The zero-order valence-corrected chi connectivity index (χ0v) is 9.68. The van der Waals surface area contributed by atoms with E-state index in [1.807, 2.05) is 13.8 Å². The molecule has 0 radical (unpaired) electrons. The van der Waals surface area contributed by atoms with Crippen LogP contribution in [0.5, 0.6) is 0 Å². The number of aliphatic hydroxyl groups excluding tert-OH is 1. The van der Waals surface area contributed by atoms with E-state index in [1.165, 1.54) is 0 Å². The normalized spacial score (nSPS) is 12.4. The lowest BCUT2D eigenvalue weighted by Gasteiger charge is -2.02. The van der Waals surface area contributed by atoms with Gasteiger partial charge >= 0.3 is 0 Å². The molecule has 1 aromatic heterocycles. The van der Waals surface area contributed by atoms with Crippen molar-refractivity contribution in [2.45, 2.75) is 39.3 Å². The second-order valence-corrected chi connectivity index (χ2v) is 3.53. The van der Waals surface area contributed by atoms with E-state index in [1.54, 1.807) is 10.9 Å². The Bertz CT molecular complexity index is 337. The fourth-order valence-corrected chi connectivity index (χ4v) is 1.29. The Morgan fingerprint density at radius 1 is 1.62 bits per heavy atom. The largest absolute Gasteiger partial charge is 0.387 e. The molecule has 2 N–H and O–H groups in total. The highest BCUT2D eigenvalue weighted by Crippen LogP contribution is 2.11. The van der Waals surface area contributed by atoms with Crippen LogP contribution < -0.4 is 5.32 Å². The molecule has 0 saturated heterocycles. The summed E-state index contributed by atoms with van der Waals surface area (Å²) in [5, 5.41) is 19.9. The summed E-state index contributed by atoms with van der Waals surface area (Å²) in [5.74, 6) is -0.00408. The van der Waals surface area contributed by atoms with E-state index in [9.17, 15) is 9.90 Å². The van der Waals surface area contributed by atoms with Crippen LogP contribution in [0, 0.1) is 0 Å². The van der Waals surface area contributed by atoms with E-state index in [0.29, 0.717) is 31.6 Å². The first kappa shape index (κ1) is 12.6. The van der Waals surface area contributed by atoms with Crippen LogP contribution in [0.25, 0.3) is 0 Å². The SMILES string of the molecule is CCNC(=O)CCn1cc(C(O)CC)nn1. The Hall–Kier alpha value is -1.43. The molecule has 1 rings (SSSR count). The first-order valence-electron chi connectivity index (χ1n) is 5.52. The average molecular weight is 226 g/mol. The van der Waals surface area contributed by atoms with Gasteiger partial charge in [-0.15, -0.1) is 5.10 Å². The van der Waals surface area contributed by atoms with Crippen LogP contribution in [0.2, 0.25) is 0 Å². The first-order valence-corrected chi connectivity index (χ1v) is 5.52. The number of hydrogen-bond donors (Lipinski definition) is 2. The Kier molecular flexibility index (Phi) is 4.91. The number of aliphatic hydroxyl groups is 1. The fraction of sp³-hybridized carbons (Fsp3) is 0.700. The van der Waals surface area contributed by atoms with Gasteiger partial charge in [0.25, 0.3) is 0 Å². The van der Waals surface area contributed by atoms with E-state index in [0.717, 1.165) is 0 Å². The van der Waals surface area contributed by atoms with Crippen molar-refractivity contribution in [2.24, 2.45) is 0 Å². The predicted molar refractivity (Wildman–Crippen MR) is 58.6 cm³/mol. The summed E-state index contributed by atoms with van der Waals surface area (Å²) in [7, 11) is 0. The minimum absolute atomic E-state index is 0.00408. The number of carbonyl (C=O) groups is 1. The van der Waals surface area contributed by atoms with Gasteiger partial charge in [0.15, 0.2) is 0 Å². The van der Waals surface area contributed by atoms with Gasteiger partial charge < -0.3 is 10.4 Å². The van der Waals surface area contributed by atoms with Gasteiger partial charge in [0, 0.05) is 13.0 Å². The van der Waals surface area contributed by atoms with E-state index >= 15 is 0 Å². The summed E-state index contributed by atoms with van der Waals surface area (Å²) in [5.41, 5.74) is 0.554. The summed E-state index contributed by atoms with van der Waals surface area (Å²) in [6.07, 6.45) is 2.08. The summed E-state index contributed by atoms with van der Waals surface area (Å²) < 4.78 is 1.57. The van der Waals surface area contributed by atoms with E-state index in [-0.39, 0.29) is 5.91 Å². The molecule has 0 aliphatic rings. The van der Waals surface area contributed by atoms with Gasteiger partial charge in [-0.2, -0.15) is 0 Å². The van der Waals surface area contributed by atoms with Gasteiger partial charge in [-0.1, -0.05) is 12.1 Å². The van der Waals surface area contributed by atoms with Crippen molar-refractivity contribution in [3.63, 3.8) is 0 Å². The maximum absolute atomic E-state index is 11.2. The molecule has 0 bridgehead atoms. The second-order valence-electron chi connectivity index (χ2n) is 3.53. The number of rotatable bonds is 6. The summed E-state index contributed by atoms with van der Waals surface area (Å²) in [6, 6.07) is 0. The van der Waals surface area contributed by atoms with E-state index in [2.05, 4.69) is 15.6 Å². The lowest BCUT2D eigenvalue weighted by molar-refractivity contribution is -0.121. The van der Waals surface area contributed by atoms with Gasteiger partial charge in [0.1, 0.15) is 5.69 Å². The Morgan fingerprint density at radius 3 is 3.00 bits per heavy atom. The topological polar surface area (TPSA) is 80.0 Å². The number of hydrogen-bond acceptors (Lipinski definition) is 4. The van der Waals surface area contributed by atoms with Gasteiger partial charge in [0.05, 0.1) is 18.8 Å². The highest BCUT2D eigenvalue weighted by molar-refractivity contribution is 5.75. The molecule has 1 atom stereocenters. The maximum atomic E-state index is 11.2. The third-order valence-corrected chi connectivity index (χ3v) is 2.23. The Labute approximate surface area is 94.7 Å². The van der Waals surface area contributed by atoms with Crippen LogP contribution in [0.4, 0.5) is 0 Å². The molecule has 0 aliphatic heterocycles. The van der Waals surface area contributed by atoms with Gasteiger partial charge in [-0.25, -0.2) is 0 Å². The number of amides is 1. The van der Waals surface area contributed by atoms with Gasteiger partial charge in [0.2, 0.25) is 5.91 Å². The quantitative estimate of drug-likeness (QED) is 0.728. The average Bonchev–Trinajstić information content (AvgIpc) is 2.74. The Balaban J connectivity index is 2.43. The van der Waals surface area contributed by atoms with Gasteiger partial charge in [-0.05, 0) is 13.3 Å². The smallest absolute Gasteiger partial charge is 0.221 e. The molecule has 6 heteroatoms. The van der Waals surface area contributed by atoms with Crippen molar-refractivity contribution in [1.82, 2.24) is 20.3 Å². The molecule has 1 heterocycles. The van der Waals surface area contributed by atoms with Crippen LogP contribution in [0.3, 0.4) is 0 Å². The minimum atomic E-state index is -0.571. The van der Waals surface area contributed by atoms with Crippen LogP contribution in [-0.4, -0.2) is 32.6 Å². The minimum Gasteiger partial charge on any atom is -0.387 e. The molecular formula is C10H18N4O2. The van der Waals surface area contributed by atoms with Crippen LogP contribution >= 0.6 is 0 Å². The molecule has 90 valence electrons. The van der Waals surface area contributed by atoms with Crippen LogP contribution in [0.1, 0.15) is 38.5 Å². The summed E-state index contributed by atoms with van der Waals surface area (Å²) in [6.45, 7) is 4.87. The number of carbonyl (C=O) groups excluding carboxylic acids is 1. The summed E-state index contributed by atoms with van der Waals surface area (Å²) >= 11 is 0. The molecule has 0 aliphatic carbocycles. The first-order chi connectivity index (χ1) is 7.67. The highest BCUT2D eigenvalue weighted by Gasteiger charge is 2.09. The second kappa shape index (κ2) is 6.22. The lowest BCUT2D eigenvalue weighted by Crippen LogP contribution is -2.23. The number of nitrogens with one attached hydrogen (secondary N) is 1. The van der Waals surface area contributed by atoms with Crippen LogP contribution in [0.15, 0.2) is 6.20 Å². The van der Waals surface area contributed by atoms with E-state index < -0.39 is 6.10 Å². The summed E-state index contributed by atoms with van der Waals surface area (Å²) in [4.78, 5) is 11.2. The molecule has 16 heavy (non-hydrogen) atoms. The van der Waals surface area contributed by atoms with Crippen molar-refractivity contribution in [3.05, 3.63) is 11.9 Å². The van der Waals surface area contributed by atoms with Gasteiger partial charge in [-0.3, -0.25) is 9.48 Å². The molecule has 1 amide bonds. The third-order valence-electron chi connectivity index (χ3n) is 2.23. The van der Waals surface area contributed by atoms with E-state index in [4.69, 9.17) is 0 Å². The number of nitrogens with zero attached hydrogens (tertiary/aromatic N) is 3. The zero-order chi connectivity index (χ0) is 12.0. The lowest BCUT2D eigenvalue weighted by atomic mass is 10.2. The molecule has 6 nitrogen and oxygen atoms in total. The molecule has 0 aromatic carbocycles. The number of aryl methyl sites for hydroxylation is 1. The van der Waals surface area contributed by atoms with Crippen molar-refractivity contribution in [3.8, 4) is 0 Å². The maximum Gasteiger partial charge on any atom is 0.221 e. The van der Waals surface area contributed by atoms with Crippen molar-refractivity contribution in [2.75, 3.05) is 6.54 Å². The molecule has 1 unspecified atom stereocenters. The van der Waals surface area contributed by atoms with Crippen molar-refractivity contribution < 1.29 is 9.90 Å². The molecular weight excluding hydrogens is 208 g/mol.